The quantitative estimate of drug-likeness (QED) is 0.659. The van der Waals surface area contributed by atoms with E-state index in [1.165, 1.54) is 10.4 Å². The number of sulfonamides is 1. The Hall–Kier alpha value is -2.95. The molecule has 0 saturated carbocycles. The number of benzene rings is 2. The number of morpholine rings is 1. The van der Waals surface area contributed by atoms with E-state index in [4.69, 9.17) is 4.74 Å². The standard InChI is InChI=1S/C24H29N3O6S/c28-22-4-2-1-3-21(22)24(30)26-13-11-25(12-14-26)23(29)10-7-19-5-8-20(9-6-19)34(31,32)27-15-17-33-18-16-27/h1-6,8-9,28H,7,10-18H2. The van der Waals surface area contributed by atoms with Gasteiger partial charge in [0.1, 0.15) is 5.75 Å². The minimum absolute atomic E-state index is 0.000304. The molecule has 2 aliphatic heterocycles. The van der Waals surface area contributed by atoms with Gasteiger partial charge in [-0.1, -0.05) is 24.3 Å². The zero-order valence-corrected chi connectivity index (χ0v) is 19.7. The second kappa shape index (κ2) is 10.5. The highest BCUT2D eigenvalue weighted by molar-refractivity contribution is 7.89. The van der Waals surface area contributed by atoms with Crippen molar-refractivity contribution in [2.45, 2.75) is 17.7 Å². The predicted octanol–water partition coefficient (Wildman–Crippen LogP) is 1.33. The number of para-hydroxylation sites is 1. The smallest absolute Gasteiger partial charge is 0.257 e. The number of hydrogen-bond acceptors (Lipinski definition) is 6. The summed E-state index contributed by atoms with van der Waals surface area (Å²) < 4.78 is 32.1. The van der Waals surface area contributed by atoms with Gasteiger partial charge in [-0.2, -0.15) is 4.31 Å². The average molecular weight is 488 g/mol. The van der Waals surface area contributed by atoms with Crippen molar-refractivity contribution in [1.29, 1.82) is 0 Å². The van der Waals surface area contributed by atoms with Crippen LogP contribution in [0, 0.1) is 0 Å². The van der Waals surface area contributed by atoms with Crippen molar-refractivity contribution in [3.8, 4) is 5.75 Å². The Morgan fingerprint density at radius 3 is 2.12 bits per heavy atom. The molecule has 0 bridgehead atoms. The number of carbonyl (C=O) groups excluding carboxylic acids is 2. The van der Waals surface area contributed by atoms with E-state index < -0.39 is 10.0 Å². The number of nitrogens with zero attached hydrogens (tertiary/aromatic N) is 3. The Bertz CT molecular complexity index is 1120. The third kappa shape index (κ3) is 5.40. The topological polar surface area (TPSA) is 107 Å². The van der Waals surface area contributed by atoms with Gasteiger partial charge < -0.3 is 19.6 Å². The van der Waals surface area contributed by atoms with Crippen LogP contribution in [0.2, 0.25) is 0 Å². The Morgan fingerprint density at radius 2 is 1.47 bits per heavy atom. The van der Waals surface area contributed by atoms with Gasteiger partial charge in [-0.25, -0.2) is 8.42 Å². The summed E-state index contributed by atoms with van der Waals surface area (Å²) in [7, 11) is -3.53. The second-order valence-corrected chi connectivity index (χ2v) is 10.3. The lowest BCUT2D eigenvalue weighted by molar-refractivity contribution is -0.132. The van der Waals surface area contributed by atoms with Gasteiger partial charge in [-0.15, -0.1) is 0 Å². The number of rotatable bonds is 6. The maximum Gasteiger partial charge on any atom is 0.257 e. The molecule has 0 aromatic heterocycles. The van der Waals surface area contributed by atoms with Gasteiger partial charge in [0.2, 0.25) is 15.9 Å². The van der Waals surface area contributed by atoms with Crippen molar-refractivity contribution in [2.24, 2.45) is 0 Å². The first kappa shape index (κ1) is 24.2. The maximum atomic E-state index is 12.7. The number of aryl methyl sites for hydroxylation is 1. The number of ether oxygens (including phenoxy) is 1. The lowest BCUT2D eigenvalue weighted by Gasteiger charge is -2.35. The van der Waals surface area contributed by atoms with Crippen LogP contribution in [-0.4, -0.2) is 91.9 Å². The van der Waals surface area contributed by atoms with E-state index in [0.717, 1.165) is 5.56 Å². The van der Waals surface area contributed by atoms with Crippen LogP contribution in [0.25, 0.3) is 0 Å². The predicted molar refractivity (Wildman–Crippen MR) is 125 cm³/mol. The highest BCUT2D eigenvalue weighted by Crippen LogP contribution is 2.20. The van der Waals surface area contributed by atoms with E-state index in [9.17, 15) is 23.1 Å². The fraction of sp³-hybridized carbons (Fsp3) is 0.417. The molecule has 182 valence electrons. The second-order valence-electron chi connectivity index (χ2n) is 8.35. The number of amides is 2. The van der Waals surface area contributed by atoms with Gasteiger partial charge in [0.25, 0.3) is 5.91 Å². The van der Waals surface area contributed by atoms with Crippen LogP contribution in [-0.2, 0) is 26.0 Å². The summed E-state index contributed by atoms with van der Waals surface area (Å²) in [4.78, 5) is 28.9. The number of hydrogen-bond donors (Lipinski definition) is 1. The zero-order chi connectivity index (χ0) is 24.1. The fourth-order valence-corrected chi connectivity index (χ4v) is 5.57. The Balaban J connectivity index is 1.26. The number of phenolic OH excluding ortho intramolecular Hbond substituents is 1. The van der Waals surface area contributed by atoms with Crippen molar-refractivity contribution >= 4 is 21.8 Å². The number of piperazine rings is 1. The van der Waals surface area contributed by atoms with Gasteiger partial charge in [-0.3, -0.25) is 9.59 Å². The number of aromatic hydroxyl groups is 1. The van der Waals surface area contributed by atoms with Crippen molar-refractivity contribution in [3.63, 3.8) is 0 Å². The first-order chi connectivity index (χ1) is 16.4. The van der Waals surface area contributed by atoms with Crippen molar-refractivity contribution < 1.29 is 27.9 Å². The molecular weight excluding hydrogens is 458 g/mol. The molecule has 0 spiro atoms. The molecule has 2 heterocycles. The first-order valence-electron chi connectivity index (χ1n) is 11.4. The normalized spacial score (nSPS) is 17.5. The molecule has 2 saturated heterocycles. The van der Waals surface area contributed by atoms with Gasteiger partial charge in [0, 0.05) is 45.7 Å². The molecule has 4 rings (SSSR count). The largest absolute Gasteiger partial charge is 0.507 e. The third-order valence-corrected chi connectivity index (χ3v) is 8.13. The molecule has 2 aromatic carbocycles. The lowest BCUT2D eigenvalue weighted by atomic mass is 10.1. The molecular formula is C24H29N3O6S. The monoisotopic (exact) mass is 487 g/mol. The number of carbonyl (C=O) groups is 2. The Morgan fingerprint density at radius 1 is 0.853 bits per heavy atom. The van der Waals surface area contributed by atoms with Crippen LogP contribution >= 0.6 is 0 Å². The van der Waals surface area contributed by atoms with E-state index in [1.54, 1.807) is 52.3 Å². The summed E-state index contributed by atoms with van der Waals surface area (Å²) in [5.41, 5.74) is 1.16. The molecule has 0 atom stereocenters. The van der Waals surface area contributed by atoms with Crippen molar-refractivity contribution in [1.82, 2.24) is 14.1 Å². The molecule has 34 heavy (non-hydrogen) atoms. The van der Waals surface area contributed by atoms with Gasteiger partial charge in [-0.05, 0) is 36.2 Å². The maximum absolute atomic E-state index is 12.7. The Labute approximate surface area is 199 Å². The van der Waals surface area contributed by atoms with E-state index >= 15 is 0 Å². The summed E-state index contributed by atoms with van der Waals surface area (Å²) in [5.74, 6) is -0.285. The molecule has 2 amide bonds. The van der Waals surface area contributed by atoms with Crippen LogP contribution < -0.4 is 0 Å². The van der Waals surface area contributed by atoms with E-state index in [0.29, 0.717) is 65.3 Å². The van der Waals surface area contributed by atoms with Crippen LogP contribution in [0.3, 0.4) is 0 Å². The summed E-state index contributed by atoms with van der Waals surface area (Å²) in [6.07, 6.45) is 0.816. The highest BCUT2D eigenvalue weighted by atomic mass is 32.2. The summed E-state index contributed by atoms with van der Waals surface area (Å²) in [6, 6.07) is 13.1. The molecule has 0 radical (unpaired) electrons. The molecule has 2 aliphatic rings. The van der Waals surface area contributed by atoms with Gasteiger partial charge >= 0.3 is 0 Å². The number of phenols is 1. The molecule has 2 aromatic rings. The SMILES string of the molecule is O=C(CCc1ccc(S(=O)(=O)N2CCOCC2)cc1)N1CCN(C(=O)c2ccccc2O)CC1. The van der Waals surface area contributed by atoms with Gasteiger partial charge in [0.05, 0.1) is 23.7 Å². The summed E-state index contributed by atoms with van der Waals surface area (Å²) >= 11 is 0. The van der Waals surface area contributed by atoms with E-state index in [-0.39, 0.29) is 28.0 Å². The minimum atomic E-state index is -3.53. The fourth-order valence-electron chi connectivity index (χ4n) is 4.16. The minimum Gasteiger partial charge on any atom is -0.507 e. The van der Waals surface area contributed by atoms with Crippen LogP contribution in [0.1, 0.15) is 22.3 Å². The van der Waals surface area contributed by atoms with Crippen molar-refractivity contribution in [2.75, 3.05) is 52.5 Å². The summed E-state index contributed by atoms with van der Waals surface area (Å²) in [6.45, 7) is 3.20. The molecule has 0 unspecified atom stereocenters. The molecule has 10 heteroatoms. The average Bonchev–Trinajstić information content (AvgIpc) is 2.88. The third-order valence-electron chi connectivity index (χ3n) is 6.21. The summed E-state index contributed by atoms with van der Waals surface area (Å²) in [5, 5.41) is 9.91. The highest BCUT2D eigenvalue weighted by Gasteiger charge is 2.27. The zero-order valence-electron chi connectivity index (χ0n) is 18.9. The van der Waals surface area contributed by atoms with Gasteiger partial charge in [0.15, 0.2) is 0 Å². The van der Waals surface area contributed by atoms with Crippen LogP contribution in [0.4, 0.5) is 0 Å². The molecule has 0 aliphatic carbocycles. The first-order valence-corrected chi connectivity index (χ1v) is 12.8. The Kier molecular flexibility index (Phi) is 7.50. The lowest BCUT2D eigenvalue weighted by Crippen LogP contribution is -2.50. The van der Waals surface area contributed by atoms with E-state index in [2.05, 4.69) is 0 Å². The van der Waals surface area contributed by atoms with E-state index in [1.807, 2.05) is 0 Å². The molecule has 2 fully saturated rings. The van der Waals surface area contributed by atoms with Crippen LogP contribution in [0.15, 0.2) is 53.4 Å². The van der Waals surface area contributed by atoms with Crippen molar-refractivity contribution in [3.05, 3.63) is 59.7 Å². The molecule has 9 nitrogen and oxygen atoms in total. The molecule has 1 N–H and O–H groups in total. The van der Waals surface area contributed by atoms with Crippen LogP contribution in [0.5, 0.6) is 5.75 Å².